The molecule has 1 aromatic heterocycles. The van der Waals surface area contributed by atoms with E-state index in [1.54, 1.807) is 6.33 Å². The van der Waals surface area contributed by atoms with E-state index in [4.69, 9.17) is 0 Å². The lowest BCUT2D eigenvalue weighted by Gasteiger charge is -2.32. The van der Waals surface area contributed by atoms with Gasteiger partial charge in [-0.15, -0.1) is 0 Å². The summed E-state index contributed by atoms with van der Waals surface area (Å²) in [4.78, 5) is 17.5. The lowest BCUT2D eigenvalue weighted by Crippen LogP contribution is -2.48. The molecule has 2 aliphatic rings. The summed E-state index contributed by atoms with van der Waals surface area (Å²) in [5.41, 5.74) is 0.655. The first-order valence-corrected chi connectivity index (χ1v) is 13.8. The van der Waals surface area contributed by atoms with E-state index < -0.39 is 23.3 Å². The average molecular weight is 518 g/mol. The van der Waals surface area contributed by atoms with Gasteiger partial charge in [0.2, 0.25) is 5.91 Å². The van der Waals surface area contributed by atoms with Crippen molar-refractivity contribution in [2.24, 2.45) is 0 Å². The molecule has 1 saturated carbocycles. The van der Waals surface area contributed by atoms with E-state index >= 15 is 0 Å². The molecule has 1 aromatic carbocycles. The van der Waals surface area contributed by atoms with Gasteiger partial charge < -0.3 is 25.6 Å². The summed E-state index contributed by atoms with van der Waals surface area (Å²) >= 11 is 0. The highest BCUT2D eigenvalue weighted by Gasteiger charge is 2.29. The van der Waals surface area contributed by atoms with Crippen LogP contribution in [0.4, 0.5) is 14.6 Å². The number of amides is 1. The van der Waals surface area contributed by atoms with Crippen molar-refractivity contribution in [1.82, 2.24) is 20.2 Å². The molecule has 3 atom stereocenters. The molecule has 0 spiro atoms. The number of carbonyl (C=O) groups is 1. The van der Waals surface area contributed by atoms with Crippen molar-refractivity contribution in [3.05, 3.63) is 47.4 Å². The Kier molecular flexibility index (Phi) is 9.31. The molecular formula is C28H41F2N5O2. The zero-order chi connectivity index (χ0) is 26.4. The number of imidazole rings is 1. The highest BCUT2D eigenvalue weighted by molar-refractivity contribution is 5.94. The maximum Gasteiger partial charge on any atom is 0.242 e. The van der Waals surface area contributed by atoms with E-state index in [1.807, 2.05) is 17.7 Å². The Morgan fingerprint density at radius 1 is 1.27 bits per heavy atom. The van der Waals surface area contributed by atoms with Crippen molar-refractivity contribution in [3.63, 3.8) is 0 Å². The molecule has 2 aromatic rings. The second kappa shape index (κ2) is 12.5. The minimum atomic E-state index is -0.601. The van der Waals surface area contributed by atoms with Crippen LogP contribution in [0.3, 0.4) is 0 Å². The Bertz CT molecular complexity index is 1050. The van der Waals surface area contributed by atoms with E-state index in [0.29, 0.717) is 49.3 Å². The number of aliphatic hydroxyl groups is 1. The zero-order valence-corrected chi connectivity index (χ0v) is 22.0. The summed E-state index contributed by atoms with van der Waals surface area (Å²) < 4.78 is 29.8. The molecule has 204 valence electrons. The minimum absolute atomic E-state index is 0.0580. The predicted octanol–water partition coefficient (Wildman–Crippen LogP) is 4.26. The number of nitrogens with zero attached hydrogens (tertiary/aromatic N) is 2. The zero-order valence-electron chi connectivity index (χ0n) is 22.0. The lowest BCUT2D eigenvalue weighted by molar-refractivity contribution is -0.118. The third kappa shape index (κ3) is 7.36. The smallest absolute Gasteiger partial charge is 0.242 e. The van der Waals surface area contributed by atoms with Gasteiger partial charge in [-0.25, -0.2) is 13.8 Å². The Morgan fingerprint density at radius 3 is 2.81 bits per heavy atom. The Labute approximate surface area is 218 Å². The summed E-state index contributed by atoms with van der Waals surface area (Å²) in [5.74, 6) is -0.735. The number of nitrogens with one attached hydrogen (secondary N) is 3. The maximum atomic E-state index is 14.3. The molecule has 2 unspecified atom stereocenters. The van der Waals surface area contributed by atoms with Gasteiger partial charge >= 0.3 is 0 Å². The third-order valence-corrected chi connectivity index (χ3v) is 7.84. The average Bonchev–Trinajstić information content (AvgIpc) is 3.33. The summed E-state index contributed by atoms with van der Waals surface area (Å²) in [6, 6.07) is 1.97. The molecular weight excluding hydrogens is 476 g/mol. The van der Waals surface area contributed by atoms with E-state index in [0.717, 1.165) is 44.6 Å². The molecule has 7 nitrogen and oxygen atoms in total. The van der Waals surface area contributed by atoms with Gasteiger partial charge in [-0.1, -0.05) is 32.6 Å². The number of aryl methyl sites for hydroxylation is 1. The highest BCUT2D eigenvalue weighted by Crippen LogP contribution is 2.28. The molecule has 9 heteroatoms. The van der Waals surface area contributed by atoms with Crippen LogP contribution in [0, 0.1) is 11.6 Å². The standard InChI is InChI=1S/C28H41F2N5O2/c1-3-7-25(33-22-9-8-20-12-21(29)13-24(30)23(20)14-22)27(36)34-26-16-35(18-32-26)19(2)15-31-17-28(37)10-5-4-6-11-28/h12-13,16,18-19,22,25,31,33,37H,3-11,14-15,17H2,1-2H3,(H,34,36)/t19-,22?,25?/m0/s1. The third-order valence-electron chi connectivity index (χ3n) is 7.84. The van der Waals surface area contributed by atoms with Gasteiger partial charge in [0.25, 0.3) is 0 Å². The number of rotatable bonds is 11. The van der Waals surface area contributed by atoms with Crippen molar-refractivity contribution < 1.29 is 18.7 Å². The van der Waals surface area contributed by atoms with Crippen LogP contribution in [0.2, 0.25) is 0 Å². The number of hydrogen-bond acceptors (Lipinski definition) is 5. The van der Waals surface area contributed by atoms with Crippen molar-refractivity contribution in [1.29, 1.82) is 0 Å². The van der Waals surface area contributed by atoms with Crippen LogP contribution in [0.25, 0.3) is 0 Å². The number of halogens is 2. The summed E-state index contributed by atoms with van der Waals surface area (Å²) in [7, 11) is 0. The van der Waals surface area contributed by atoms with Crippen molar-refractivity contribution in [2.45, 2.75) is 102 Å². The van der Waals surface area contributed by atoms with Crippen LogP contribution in [-0.2, 0) is 17.6 Å². The van der Waals surface area contributed by atoms with Crippen molar-refractivity contribution in [2.75, 3.05) is 18.4 Å². The van der Waals surface area contributed by atoms with Crippen LogP contribution in [0.15, 0.2) is 24.7 Å². The van der Waals surface area contributed by atoms with Crippen LogP contribution in [0.1, 0.15) is 82.4 Å². The first-order chi connectivity index (χ1) is 17.8. The summed E-state index contributed by atoms with van der Waals surface area (Å²) in [6.07, 6.45) is 11.8. The quantitative estimate of drug-likeness (QED) is 0.358. The molecule has 1 fully saturated rings. The van der Waals surface area contributed by atoms with Gasteiger partial charge in [0.05, 0.1) is 18.0 Å². The maximum absolute atomic E-state index is 14.3. The first-order valence-electron chi connectivity index (χ1n) is 13.8. The van der Waals surface area contributed by atoms with Gasteiger partial charge in [-0.3, -0.25) is 4.79 Å². The fourth-order valence-corrected chi connectivity index (χ4v) is 5.65. The Balaban J connectivity index is 1.29. The molecule has 4 rings (SSSR count). The first kappa shape index (κ1) is 27.7. The molecule has 1 heterocycles. The van der Waals surface area contributed by atoms with Crippen LogP contribution in [0.5, 0.6) is 0 Å². The Morgan fingerprint density at radius 2 is 2.05 bits per heavy atom. The van der Waals surface area contributed by atoms with Gasteiger partial charge in [-0.2, -0.15) is 0 Å². The number of benzene rings is 1. The summed E-state index contributed by atoms with van der Waals surface area (Å²) in [5, 5.41) is 20.4. The number of aromatic nitrogens is 2. The normalized spacial score (nSPS) is 20.7. The van der Waals surface area contributed by atoms with Crippen LogP contribution < -0.4 is 16.0 Å². The van der Waals surface area contributed by atoms with Gasteiger partial charge in [0.15, 0.2) is 5.82 Å². The number of carbonyl (C=O) groups excluding carboxylic acids is 1. The molecule has 1 amide bonds. The van der Waals surface area contributed by atoms with E-state index in [1.165, 1.54) is 12.5 Å². The fourth-order valence-electron chi connectivity index (χ4n) is 5.65. The molecule has 0 radical (unpaired) electrons. The monoisotopic (exact) mass is 517 g/mol. The van der Waals surface area contributed by atoms with Crippen molar-refractivity contribution >= 4 is 11.7 Å². The predicted molar refractivity (Wildman–Crippen MR) is 140 cm³/mol. The molecule has 0 bridgehead atoms. The van der Waals surface area contributed by atoms with Crippen LogP contribution >= 0.6 is 0 Å². The SMILES string of the molecule is CCCC(NC1CCc2cc(F)cc(F)c2C1)C(=O)Nc1cn([C@@H](C)CNCC2(O)CCCCC2)cn1. The molecule has 2 aliphatic carbocycles. The van der Waals surface area contributed by atoms with Gasteiger partial charge in [0, 0.05) is 37.4 Å². The fraction of sp³-hybridized carbons (Fsp3) is 0.643. The summed E-state index contributed by atoms with van der Waals surface area (Å²) in [6.45, 7) is 5.37. The topological polar surface area (TPSA) is 91.2 Å². The van der Waals surface area contributed by atoms with E-state index in [9.17, 15) is 18.7 Å². The minimum Gasteiger partial charge on any atom is -0.389 e. The second-order valence-electron chi connectivity index (χ2n) is 10.9. The molecule has 0 saturated heterocycles. The number of anilines is 1. The van der Waals surface area contributed by atoms with Crippen molar-refractivity contribution in [3.8, 4) is 0 Å². The van der Waals surface area contributed by atoms with Gasteiger partial charge in [0.1, 0.15) is 11.6 Å². The van der Waals surface area contributed by atoms with E-state index in [-0.39, 0.29) is 18.0 Å². The number of fused-ring (bicyclic) bond motifs is 1. The highest BCUT2D eigenvalue weighted by atomic mass is 19.1. The molecule has 0 aliphatic heterocycles. The lowest BCUT2D eigenvalue weighted by atomic mass is 9.85. The second-order valence-corrected chi connectivity index (χ2v) is 10.9. The van der Waals surface area contributed by atoms with E-state index in [2.05, 4.69) is 27.9 Å². The Hall–Kier alpha value is -2.36. The molecule has 4 N–H and O–H groups in total. The number of hydrogen-bond donors (Lipinski definition) is 4. The van der Waals surface area contributed by atoms with Crippen LogP contribution in [-0.4, -0.2) is 51.3 Å². The largest absolute Gasteiger partial charge is 0.389 e. The molecule has 37 heavy (non-hydrogen) atoms. The van der Waals surface area contributed by atoms with Gasteiger partial charge in [-0.05, 0) is 62.6 Å².